The Bertz CT molecular complexity index is 1120. The van der Waals surface area contributed by atoms with Crippen LogP contribution in [0.4, 0.5) is 0 Å². The van der Waals surface area contributed by atoms with E-state index >= 15 is 0 Å². The molecule has 2 aromatic rings. The summed E-state index contributed by atoms with van der Waals surface area (Å²) < 4.78 is 27.7. The van der Waals surface area contributed by atoms with E-state index in [1.54, 1.807) is 11.0 Å². The number of nitrogens with zero attached hydrogens (tertiary/aromatic N) is 3. The summed E-state index contributed by atoms with van der Waals surface area (Å²) in [6, 6.07) is 5.92. The van der Waals surface area contributed by atoms with Crippen LogP contribution in [0, 0.1) is 6.92 Å². The van der Waals surface area contributed by atoms with Gasteiger partial charge in [0.1, 0.15) is 11.5 Å². The molecule has 0 spiro atoms. The van der Waals surface area contributed by atoms with Crippen molar-refractivity contribution in [3.05, 3.63) is 41.2 Å². The van der Waals surface area contributed by atoms with Crippen LogP contribution in [0.15, 0.2) is 35.8 Å². The molecule has 1 fully saturated rings. The minimum absolute atomic E-state index is 0.426. The van der Waals surface area contributed by atoms with Gasteiger partial charge in [-0.3, -0.25) is 9.59 Å². The fourth-order valence-electron chi connectivity index (χ4n) is 3.55. The molecule has 0 N–H and O–H groups in total. The summed E-state index contributed by atoms with van der Waals surface area (Å²) in [7, 11) is -3.88. The van der Waals surface area contributed by atoms with Gasteiger partial charge in [-0.25, -0.2) is 8.42 Å². The zero-order chi connectivity index (χ0) is 21.7. The lowest BCUT2D eigenvalue weighted by atomic mass is 10.2. The highest BCUT2D eigenvalue weighted by Gasteiger charge is 2.25. The predicted octanol–water partition coefficient (Wildman–Crippen LogP) is 2.44. The minimum atomic E-state index is -3.88. The first-order valence-corrected chi connectivity index (χ1v) is 12.7. The van der Waals surface area contributed by atoms with Crippen molar-refractivity contribution in [1.29, 1.82) is 0 Å². The summed E-state index contributed by atoms with van der Waals surface area (Å²) in [5, 5.41) is 0. The van der Waals surface area contributed by atoms with Crippen LogP contribution < -0.4 is 4.80 Å². The van der Waals surface area contributed by atoms with Crippen LogP contribution in [0.1, 0.15) is 31.2 Å². The van der Waals surface area contributed by atoms with Crippen LogP contribution in [0.5, 0.6) is 0 Å². The molecular formula is C21H27N3O4S2. The Morgan fingerprint density at radius 3 is 2.53 bits per heavy atom. The van der Waals surface area contributed by atoms with Crippen molar-refractivity contribution >= 4 is 43.2 Å². The summed E-state index contributed by atoms with van der Waals surface area (Å²) in [4.78, 5) is 30.9. The first-order valence-electron chi connectivity index (χ1n) is 10.1. The quantitative estimate of drug-likeness (QED) is 0.634. The molecule has 162 valence electrons. The number of aryl methyl sites for hydroxylation is 1. The molecule has 1 aromatic carbocycles. The molecule has 1 aliphatic rings. The Balaban J connectivity index is 1.78. The summed E-state index contributed by atoms with van der Waals surface area (Å²) in [5.41, 5.74) is 2.00. The van der Waals surface area contributed by atoms with Gasteiger partial charge in [-0.2, -0.15) is 4.99 Å². The standard InChI is InChI=1S/C21H27N3O4S2/c1-3-10-24-17-9-8-16(2)13-18(17)29-21(24)22-19(25)14-30(27,28)15-20(26)23-11-6-4-5-7-12-23/h3,8-9,13H,1,4-7,10-12,14-15H2,2H3. The van der Waals surface area contributed by atoms with Crippen LogP contribution in [0.25, 0.3) is 10.2 Å². The second-order valence-corrected chi connectivity index (χ2v) is 10.7. The summed E-state index contributed by atoms with van der Waals surface area (Å²) >= 11 is 1.33. The molecule has 1 aliphatic heterocycles. The third kappa shape index (κ3) is 5.66. The molecule has 7 nitrogen and oxygen atoms in total. The first-order chi connectivity index (χ1) is 14.3. The number of amides is 2. The van der Waals surface area contributed by atoms with Gasteiger partial charge in [0.05, 0.1) is 10.2 Å². The zero-order valence-electron chi connectivity index (χ0n) is 17.2. The van der Waals surface area contributed by atoms with Crippen molar-refractivity contribution in [3.63, 3.8) is 0 Å². The van der Waals surface area contributed by atoms with Gasteiger partial charge in [0.15, 0.2) is 14.6 Å². The van der Waals surface area contributed by atoms with E-state index in [4.69, 9.17) is 0 Å². The minimum Gasteiger partial charge on any atom is -0.342 e. The Hall–Kier alpha value is -2.26. The van der Waals surface area contributed by atoms with E-state index in [9.17, 15) is 18.0 Å². The van der Waals surface area contributed by atoms with E-state index in [1.165, 1.54) is 11.3 Å². The Morgan fingerprint density at radius 2 is 1.87 bits per heavy atom. The number of carbonyl (C=O) groups excluding carboxylic acids is 2. The third-order valence-corrected chi connectivity index (χ3v) is 7.43. The zero-order valence-corrected chi connectivity index (χ0v) is 18.8. The first kappa shape index (κ1) is 22.4. The number of fused-ring (bicyclic) bond motifs is 1. The average molecular weight is 450 g/mol. The lowest BCUT2D eigenvalue weighted by Gasteiger charge is -2.19. The molecular weight excluding hydrogens is 422 g/mol. The van der Waals surface area contributed by atoms with Gasteiger partial charge in [0, 0.05) is 19.6 Å². The van der Waals surface area contributed by atoms with Crippen LogP contribution in [-0.4, -0.2) is 54.3 Å². The molecule has 0 aliphatic carbocycles. The van der Waals surface area contributed by atoms with Crippen molar-refractivity contribution in [3.8, 4) is 0 Å². The van der Waals surface area contributed by atoms with Gasteiger partial charge in [0.25, 0.3) is 5.91 Å². The van der Waals surface area contributed by atoms with Crippen molar-refractivity contribution < 1.29 is 18.0 Å². The van der Waals surface area contributed by atoms with Gasteiger partial charge in [-0.15, -0.1) is 6.58 Å². The van der Waals surface area contributed by atoms with E-state index in [1.807, 2.05) is 29.7 Å². The van der Waals surface area contributed by atoms with Crippen LogP contribution in [0.3, 0.4) is 0 Å². The molecule has 30 heavy (non-hydrogen) atoms. The van der Waals surface area contributed by atoms with E-state index in [-0.39, 0.29) is 0 Å². The smallest absolute Gasteiger partial charge is 0.263 e. The van der Waals surface area contributed by atoms with E-state index < -0.39 is 33.2 Å². The van der Waals surface area contributed by atoms with Crippen LogP contribution in [-0.2, 0) is 26.0 Å². The number of rotatable bonds is 6. The van der Waals surface area contributed by atoms with Crippen LogP contribution in [0.2, 0.25) is 0 Å². The molecule has 0 radical (unpaired) electrons. The Labute approximate surface area is 180 Å². The van der Waals surface area contributed by atoms with Gasteiger partial charge >= 0.3 is 0 Å². The maximum Gasteiger partial charge on any atom is 0.263 e. The molecule has 9 heteroatoms. The number of likely N-dealkylation sites (tertiary alicyclic amines) is 1. The largest absolute Gasteiger partial charge is 0.342 e. The fraction of sp³-hybridized carbons (Fsp3) is 0.476. The van der Waals surface area contributed by atoms with E-state index in [2.05, 4.69) is 11.6 Å². The second-order valence-electron chi connectivity index (χ2n) is 7.59. The Kier molecular flexibility index (Phi) is 7.25. The van der Waals surface area contributed by atoms with E-state index in [0.29, 0.717) is 24.4 Å². The van der Waals surface area contributed by atoms with Gasteiger partial charge in [-0.1, -0.05) is 36.3 Å². The predicted molar refractivity (Wildman–Crippen MR) is 119 cm³/mol. The van der Waals surface area contributed by atoms with Crippen molar-refractivity contribution in [2.75, 3.05) is 24.6 Å². The second kappa shape index (κ2) is 9.70. The normalized spacial score (nSPS) is 15.9. The summed E-state index contributed by atoms with van der Waals surface area (Å²) in [5.74, 6) is -2.61. The molecule has 2 amide bonds. The lowest BCUT2D eigenvalue weighted by Crippen LogP contribution is -2.37. The SMILES string of the molecule is C=CCn1c(=NC(=O)CS(=O)(=O)CC(=O)N2CCCCCC2)sc2cc(C)ccc21. The number of aromatic nitrogens is 1. The number of allylic oxidation sites excluding steroid dienone is 1. The average Bonchev–Trinajstić information content (AvgIpc) is 2.84. The number of hydrogen-bond donors (Lipinski definition) is 0. The van der Waals surface area contributed by atoms with Crippen molar-refractivity contribution in [2.45, 2.75) is 39.2 Å². The molecule has 1 saturated heterocycles. The topological polar surface area (TPSA) is 88.8 Å². The van der Waals surface area contributed by atoms with Crippen molar-refractivity contribution in [1.82, 2.24) is 9.47 Å². The summed E-state index contributed by atoms with van der Waals surface area (Å²) in [6.07, 6.45) is 5.57. The number of sulfone groups is 1. The summed E-state index contributed by atoms with van der Waals surface area (Å²) in [6.45, 7) is 7.33. The molecule has 0 unspecified atom stereocenters. The molecule has 0 saturated carbocycles. The van der Waals surface area contributed by atoms with Gasteiger partial charge in [0.2, 0.25) is 5.91 Å². The molecule has 2 heterocycles. The number of carbonyl (C=O) groups is 2. The maximum atomic E-state index is 12.4. The molecule has 1 aromatic heterocycles. The maximum absolute atomic E-state index is 12.4. The number of thiazole rings is 1. The highest BCUT2D eigenvalue weighted by atomic mass is 32.2. The lowest BCUT2D eigenvalue weighted by molar-refractivity contribution is -0.128. The highest BCUT2D eigenvalue weighted by molar-refractivity contribution is 7.92. The Morgan fingerprint density at radius 1 is 1.17 bits per heavy atom. The number of hydrogen-bond acceptors (Lipinski definition) is 5. The monoisotopic (exact) mass is 449 g/mol. The van der Waals surface area contributed by atoms with Crippen LogP contribution >= 0.6 is 11.3 Å². The molecule has 0 bridgehead atoms. The third-order valence-electron chi connectivity index (χ3n) is 5.02. The molecule has 3 rings (SSSR count). The van der Waals surface area contributed by atoms with Gasteiger partial charge in [-0.05, 0) is 37.5 Å². The van der Waals surface area contributed by atoms with E-state index in [0.717, 1.165) is 41.5 Å². The fourth-order valence-corrected chi connectivity index (χ4v) is 5.81. The molecule has 0 atom stereocenters. The number of benzene rings is 1. The highest BCUT2D eigenvalue weighted by Crippen LogP contribution is 2.19. The van der Waals surface area contributed by atoms with Crippen molar-refractivity contribution in [2.24, 2.45) is 4.99 Å². The van der Waals surface area contributed by atoms with Gasteiger partial charge < -0.3 is 9.47 Å².